The van der Waals surface area contributed by atoms with Gasteiger partial charge in [-0.15, -0.1) is 0 Å². The SMILES string of the molecule is [C-]#[N+]c1cc(N)ccc1N1CCN(C)CC1.[C-]#[N+]c1cc(NC=O)ccc1N1CCN(C)CC1. The summed E-state index contributed by atoms with van der Waals surface area (Å²) in [6.07, 6.45) is 0.624. The number of rotatable bonds is 4. The fourth-order valence-corrected chi connectivity index (χ4v) is 4.03. The Morgan fingerprint density at radius 2 is 1.26 bits per heavy atom. The molecule has 0 saturated carbocycles. The molecule has 2 aromatic carbocycles. The first-order chi connectivity index (χ1) is 16.4. The van der Waals surface area contributed by atoms with Crippen molar-refractivity contribution in [2.24, 2.45) is 0 Å². The molecule has 2 fully saturated rings. The van der Waals surface area contributed by atoms with E-state index < -0.39 is 0 Å². The van der Waals surface area contributed by atoms with Gasteiger partial charge >= 0.3 is 0 Å². The molecule has 3 N–H and O–H groups in total. The molecule has 2 aromatic rings. The first-order valence-corrected chi connectivity index (χ1v) is 11.3. The molecule has 0 radical (unpaired) electrons. The van der Waals surface area contributed by atoms with Crippen molar-refractivity contribution in [3.63, 3.8) is 0 Å². The third-order valence-electron chi connectivity index (χ3n) is 6.13. The molecule has 0 unspecified atom stereocenters. The summed E-state index contributed by atoms with van der Waals surface area (Å²) in [4.78, 5) is 26.5. The highest BCUT2D eigenvalue weighted by atomic mass is 16.1. The van der Waals surface area contributed by atoms with E-state index >= 15 is 0 Å². The predicted octanol–water partition coefficient (Wildman–Crippen LogP) is 3.13. The number of carbonyl (C=O) groups excluding carboxylic acids is 1. The summed E-state index contributed by atoms with van der Waals surface area (Å²) in [7, 11) is 4.22. The quantitative estimate of drug-likeness (QED) is 0.415. The Hall–Kier alpha value is -3.79. The van der Waals surface area contributed by atoms with E-state index in [4.69, 9.17) is 18.9 Å². The predicted molar refractivity (Wildman–Crippen MR) is 139 cm³/mol. The van der Waals surface area contributed by atoms with Crippen LogP contribution in [-0.4, -0.2) is 82.7 Å². The van der Waals surface area contributed by atoms with Crippen molar-refractivity contribution in [3.05, 3.63) is 59.2 Å². The van der Waals surface area contributed by atoms with Gasteiger partial charge in [0, 0.05) is 75.1 Å². The number of hydrogen-bond acceptors (Lipinski definition) is 6. The number of nitrogens with one attached hydrogen (secondary N) is 1. The second kappa shape index (κ2) is 11.9. The van der Waals surface area contributed by atoms with Crippen LogP contribution in [0.4, 0.5) is 34.1 Å². The maximum atomic E-state index is 10.4. The molecule has 0 spiro atoms. The fourth-order valence-electron chi connectivity index (χ4n) is 4.03. The fraction of sp³-hybridized carbons (Fsp3) is 0.400. The molecule has 178 valence electrons. The van der Waals surface area contributed by atoms with Gasteiger partial charge in [-0.1, -0.05) is 0 Å². The van der Waals surface area contributed by atoms with Crippen LogP contribution in [0.2, 0.25) is 0 Å². The number of anilines is 4. The van der Waals surface area contributed by atoms with Crippen molar-refractivity contribution in [2.75, 3.05) is 87.3 Å². The standard InChI is InChI=1S/C13H16N4O.C12H16N4/c1-14-12-9-11(15-10-18)3-4-13(12)17-7-5-16(2)6-8-17;1-14-11-9-10(13)3-4-12(11)16-7-5-15(2)6-8-16/h3-4,9-10H,5-8H2,2H3,(H,15,18);3-4,9H,5-8,13H2,2H3. The summed E-state index contributed by atoms with van der Waals surface area (Å²) in [5.41, 5.74) is 10.2. The topological polar surface area (TPSA) is 76.8 Å². The number of benzene rings is 2. The minimum Gasteiger partial charge on any atom is -0.400 e. The largest absolute Gasteiger partial charge is 0.400 e. The molecular formula is C25H32N8O. The monoisotopic (exact) mass is 460 g/mol. The number of nitrogens with zero attached hydrogens (tertiary/aromatic N) is 6. The van der Waals surface area contributed by atoms with Crippen LogP contribution in [0, 0.1) is 13.1 Å². The van der Waals surface area contributed by atoms with Gasteiger partial charge in [-0.2, -0.15) is 0 Å². The molecule has 0 atom stereocenters. The third kappa shape index (κ3) is 6.38. The van der Waals surface area contributed by atoms with Crippen LogP contribution in [0.15, 0.2) is 36.4 Å². The molecule has 2 saturated heterocycles. The number of carbonyl (C=O) groups is 1. The summed E-state index contributed by atoms with van der Waals surface area (Å²) in [5, 5.41) is 2.57. The zero-order valence-corrected chi connectivity index (χ0v) is 19.9. The second-order valence-corrected chi connectivity index (χ2v) is 8.52. The second-order valence-electron chi connectivity index (χ2n) is 8.52. The molecular weight excluding hydrogens is 428 g/mol. The van der Waals surface area contributed by atoms with E-state index in [1.165, 1.54) is 0 Å². The molecule has 9 nitrogen and oxygen atoms in total. The zero-order chi connectivity index (χ0) is 24.5. The highest BCUT2D eigenvalue weighted by Crippen LogP contribution is 2.32. The van der Waals surface area contributed by atoms with E-state index in [-0.39, 0.29) is 0 Å². The number of amides is 1. The Balaban J connectivity index is 0.000000192. The number of nitrogens with two attached hydrogens (primary N) is 1. The van der Waals surface area contributed by atoms with Crippen LogP contribution in [0.25, 0.3) is 9.69 Å². The Bertz CT molecular complexity index is 1060. The highest BCUT2D eigenvalue weighted by molar-refractivity contribution is 5.80. The molecule has 0 aromatic heterocycles. The van der Waals surface area contributed by atoms with Gasteiger partial charge in [0.05, 0.1) is 13.1 Å². The summed E-state index contributed by atoms with van der Waals surface area (Å²) in [5.74, 6) is 0. The highest BCUT2D eigenvalue weighted by Gasteiger charge is 2.18. The lowest BCUT2D eigenvalue weighted by Gasteiger charge is -2.34. The van der Waals surface area contributed by atoms with Gasteiger partial charge in [-0.25, -0.2) is 9.69 Å². The molecule has 9 heteroatoms. The van der Waals surface area contributed by atoms with Gasteiger partial charge in [0.25, 0.3) is 0 Å². The van der Waals surface area contributed by atoms with Crippen LogP contribution < -0.4 is 20.9 Å². The summed E-state index contributed by atoms with van der Waals surface area (Å²) >= 11 is 0. The van der Waals surface area contributed by atoms with E-state index in [1.807, 2.05) is 24.3 Å². The van der Waals surface area contributed by atoms with Crippen molar-refractivity contribution in [2.45, 2.75) is 0 Å². The Morgan fingerprint density at radius 1 is 0.794 bits per heavy atom. The molecule has 2 heterocycles. The molecule has 0 aliphatic carbocycles. The molecule has 4 rings (SSSR count). The number of hydrogen-bond donors (Lipinski definition) is 2. The molecule has 34 heavy (non-hydrogen) atoms. The lowest BCUT2D eigenvalue weighted by atomic mass is 10.2. The van der Waals surface area contributed by atoms with Gasteiger partial charge in [0.2, 0.25) is 17.8 Å². The van der Waals surface area contributed by atoms with E-state index in [0.717, 1.165) is 63.7 Å². The number of likely N-dealkylation sites (N-methyl/N-ethyl adjacent to an activating group) is 2. The van der Waals surface area contributed by atoms with Gasteiger partial charge in [0.1, 0.15) is 0 Å². The Morgan fingerprint density at radius 3 is 1.74 bits per heavy atom. The number of nitrogen functional groups attached to an aromatic ring is 1. The van der Waals surface area contributed by atoms with E-state index in [9.17, 15) is 4.79 Å². The van der Waals surface area contributed by atoms with Gasteiger partial charge < -0.3 is 30.7 Å². The van der Waals surface area contributed by atoms with Crippen LogP contribution in [0.3, 0.4) is 0 Å². The van der Waals surface area contributed by atoms with Crippen LogP contribution in [0.1, 0.15) is 0 Å². The van der Waals surface area contributed by atoms with Crippen molar-refractivity contribution in [3.8, 4) is 0 Å². The molecule has 1 amide bonds. The minimum atomic E-state index is 0.589. The van der Waals surface area contributed by atoms with Crippen molar-refractivity contribution in [1.82, 2.24) is 9.80 Å². The maximum Gasteiger partial charge on any atom is 0.211 e. The Labute approximate surface area is 202 Å². The molecule has 0 bridgehead atoms. The van der Waals surface area contributed by atoms with Crippen molar-refractivity contribution < 1.29 is 4.79 Å². The summed E-state index contributed by atoms with van der Waals surface area (Å²) < 4.78 is 0. The van der Waals surface area contributed by atoms with Gasteiger partial charge in [-0.3, -0.25) is 4.79 Å². The third-order valence-corrected chi connectivity index (χ3v) is 6.13. The van der Waals surface area contributed by atoms with Gasteiger partial charge in [0.15, 0.2) is 0 Å². The van der Waals surface area contributed by atoms with E-state index in [1.54, 1.807) is 12.1 Å². The van der Waals surface area contributed by atoms with Crippen molar-refractivity contribution >= 4 is 40.5 Å². The average Bonchev–Trinajstić information content (AvgIpc) is 2.86. The first-order valence-electron chi connectivity index (χ1n) is 11.3. The first kappa shape index (κ1) is 24.8. The Kier molecular flexibility index (Phi) is 8.69. The van der Waals surface area contributed by atoms with Gasteiger partial charge in [-0.05, 0) is 50.5 Å². The number of piperazine rings is 2. The van der Waals surface area contributed by atoms with E-state index in [0.29, 0.717) is 29.2 Å². The normalized spacial score (nSPS) is 16.6. The minimum absolute atomic E-state index is 0.589. The maximum absolute atomic E-state index is 10.4. The zero-order valence-electron chi connectivity index (χ0n) is 19.9. The summed E-state index contributed by atoms with van der Waals surface area (Å²) in [6, 6.07) is 11.0. The van der Waals surface area contributed by atoms with Crippen LogP contribution >= 0.6 is 0 Å². The lowest BCUT2D eigenvalue weighted by molar-refractivity contribution is -0.105. The van der Waals surface area contributed by atoms with Crippen LogP contribution in [-0.2, 0) is 4.79 Å². The van der Waals surface area contributed by atoms with E-state index in [2.05, 4.69) is 48.7 Å². The van der Waals surface area contributed by atoms with Crippen molar-refractivity contribution in [1.29, 1.82) is 0 Å². The van der Waals surface area contributed by atoms with Crippen LogP contribution in [0.5, 0.6) is 0 Å². The smallest absolute Gasteiger partial charge is 0.211 e. The lowest BCUT2D eigenvalue weighted by Crippen LogP contribution is -2.44. The molecule has 2 aliphatic heterocycles. The average molecular weight is 461 g/mol. The summed E-state index contributed by atoms with van der Waals surface area (Å²) in [6.45, 7) is 22.3. The molecule has 2 aliphatic rings.